The summed E-state index contributed by atoms with van der Waals surface area (Å²) in [4.78, 5) is 22.4. The van der Waals surface area contributed by atoms with Gasteiger partial charge in [-0.3, -0.25) is 14.9 Å². The molecular formula is C17H14N2O4. The van der Waals surface area contributed by atoms with Gasteiger partial charge in [0.2, 0.25) is 5.91 Å². The van der Waals surface area contributed by atoms with Gasteiger partial charge in [0.25, 0.3) is 5.69 Å². The van der Waals surface area contributed by atoms with E-state index < -0.39 is 4.92 Å². The van der Waals surface area contributed by atoms with Crippen LogP contribution in [0.4, 0.5) is 11.4 Å². The molecule has 6 nitrogen and oxygen atoms in total. The Labute approximate surface area is 132 Å². The van der Waals surface area contributed by atoms with Gasteiger partial charge in [-0.25, -0.2) is 0 Å². The van der Waals surface area contributed by atoms with Gasteiger partial charge in [-0.15, -0.1) is 0 Å². The van der Waals surface area contributed by atoms with Gasteiger partial charge in [0.1, 0.15) is 5.75 Å². The fourth-order valence-corrected chi connectivity index (χ4v) is 2.41. The molecule has 3 rings (SSSR count). The molecule has 1 heterocycles. The monoisotopic (exact) mass is 310 g/mol. The number of nitrogens with one attached hydrogen (secondary N) is 1. The molecule has 116 valence electrons. The summed E-state index contributed by atoms with van der Waals surface area (Å²) in [7, 11) is 0. The van der Waals surface area contributed by atoms with Gasteiger partial charge in [-0.1, -0.05) is 12.1 Å². The zero-order chi connectivity index (χ0) is 16.2. The number of nitro benzene ring substituents is 1. The fourth-order valence-electron chi connectivity index (χ4n) is 2.41. The average molecular weight is 310 g/mol. The highest BCUT2D eigenvalue weighted by atomic mass is 16.6. The van der Waals surface area contributed by atoms with Crippen molar-refractivity contribution >= 4 is 23.4 Å². The zero-order valence-corrected chi connectivity index (χ0v) is 12.2. The molecule has 0 saturated carbocycles. The van der Waals surface area contributed by atoms with E-state index in [1.807, 2.05) is 12.1 Å². The van der Waals surface area contributed by atoms with Gasteiger partial charge in [-0.2, -0.15) is 0 Å². The SMILES string of the molecule is O=C(C=Cc1ccccc1[N+](=O)[O-])Nc1ccc2c(c1)CCO2. The van der Waals surface area contributed by atoms with Crippen LogP contribution in [0.5, 0.6) is 5.75 Å². The number of carbonyl (C=O) groups is 1. The molecule has 1 aliphatic heterocycles. The molecule has 2 aromatic rings. The highest BCUT2D eigenvalue weighted by Crippen LogP contribution is 2.27. The maximum Gasteiger partial charge on any atom is 0.276 e. The number of ether oxygens (including phenoxy) is 1. The number of carbonyl (C=O) groups excluding carboxylic acids is 1. The Hall–Kier alpha value is -3.15. The molecule has 0 atom stereocenters. The number of nitrogens with zero attached hydrogens (tertiary/aromatic N) is 1. The van der Waals surface area contributed by atoms with Crippen LogP contribution in [0.2, 0.25) is 0 Å². The van der Waals surface area contributed by atoms with E-state index in [0.717, 1.165) is 17.7 Å². The average Bonchev–Trinajstić information content (AvgIpc) is 3.00. The number of hydrogen-bond acceptors (Lipinski definition) is 4. The maximum atomic E-state index is 12.0. The quantitative estimate of drug-likeness (QED) is 0.534. The molecule has 0 aromatic heterocycles. The minimum atomic E-state index is -0.474. The highest BCUT2D eigenvalue weighted by Gasteiger charge is 2.13. The van der Waals surface area contributed by atoms with Crippen LogP contribution in [0.15, 0.2) is 48.5 Å². The highest BCUT2D eigenvalue weighted by molar-refractivity contribution is 6.02. The minimum Gasteiger partial charge on any atom is -0.493 e. The van der Waals surface area contributed by atoms with Crippen LogP contribution < -0.4 is 10.1 Å². The summed E-state index contributed by atoms with van der Waals surface area (Å²) >= 11 is 0. The van der Waals surface area contributed by atoms with Crippen LogP contribution in [-0.4, -0.2) is 17.4 Å². The summed E-state index contributed by atoms with van der Waals surface area (Å²) in [6.07, 6.45) is 3.54. The molecule has 0 aliphatic carbocycles. The Morgan fingerprint density at radius 2 is 2.09 bits per heavy atom. The second kappa shape index (κ2) is 6.31. The predicted molar refractivity (Wildman–Crippen MR) is 86.4 cm³/mol. The third kappa shape index (κ3) is 3.37. The molecule has 0 unspecified atom stereocenters. The van der Waals surface area contributed by atoms with Gasteiger partial charge in [-0.05, 0) is 35.9 Å². The molecule has 23 heavy (non-hydrogen) atoms. The van der Waals surface area contributed by atoms with Crippen molar-refractivity contribution < 1.29 is 14.5 Å². The molecule has 0 fully saturated rings. The van der Waals surface area contributed by atoms with Gasteiger partial charge < -0.3 is 10.1 Å². The molecule has 1 amide bonds. The first kappa shape index (κ1) is 14.8. The third-order valence-electron chi connectivity index (χ3n) is 3.50. The van der Waals surface area contributed by atoms with E-state index in [2.05, 4.69) is 5.32 Å². The van der Waals surface area contributed by atoms with E-state index in [1.54, 1.807) is 24.3 Å². The van der Waals surface area contributed by atoms with E-state index in [0.29, 0.717) is 17.9 Å². The fraction of sp³-hybridized carbons (Fsp3) is 0.118. The summed E-state index contributed by atoms with van der Waals surface area (Å²) < 4.78 is 5.41. The number of benzene rings is 2. The summed E-state index contributed by atoms with van der Waals surface area (Å²) in [6, 6.07) is 11.7. The van der Waals surface area contributed by atoms with Crippen molar-refractivity contribution in [2.24, 2.45) is 0 Å². The van der Waals surface area contributed by atoms with Gasteiger partial charge in [0.05, 0.1) is 17.1 Å². The predicted octanol–water partition coefficient (Wildman–Crippen LogP) is 3.18. The van der Waals surface area contributed by atoms with Crippen molar-refractivity contribution in [1.29, 1.82) is 0 Å². The summed E-state index contributed by atoms with van der Waals surface area (Å²) in [6.45, 7) is 0.657. The van der Waals surface area contributed by atoms with Crippen LogP contribution >= 0.6 is 0 Å². The van der Waals surface area contributed by atoms with Gasteiger partial charge >= 0.3 is 0 Å². The van der Waals surface area contributed by atoms with E-state index in [9.17, 15) is 14.9 Å². The van der Waals surface area contributed by atoms with Crippen LogP contribution in [0.25, 0.3) is 6.08 Å². The van der Waals surface area contributed by atoms with Crippen LogP contribution in [0.3, 0.4) is 0 Å². The van der Waals surface area contributed by atoms with Crippen molar-refractivity contribution in [3.63, 3.8) is 0 Å². The van der Waals surface area contributed by atoms with E-state index in [-0.39, 0.29) is 11.6 Å². The lowest BCUT2D eigenvalue weighted by atomic mass is 10.1. The number of amides is 1. The van der Waals surface area contributed by atoms with Crippen molar-refractivity contribution in [2.45, 2.75) is 6.42 Å². The molecule has 2 aromatic carbocycles. The zero-order valence-electron chi connectivity index (χ0n) is 12.2. The van der Waals surface area contributed by atoms with Crippen molar-refractivity contribution in [1.82, 2.24) is 0 Å². The Kier molecular flexibility index (Phi) is 4.05. The van der Waals surface area contributed by atoms with Crippen molar-refractivity contribution in [2.75, 3.05) is 11.9 Å². The van der Waals surface area contributed by atoms with Crippen LogP contribution in [0.1, 0.15) is 11.1 Å². The smallest absolute Gasteiger partial charge is 0.276 e. The number of para-hydroxylation sites is 1. The molecule has 0 radical (unpaired) electrons. The largest absolute Gasteiger partial charge is 0.493 e. The molecule has 0 bridgehead atoms. The molecule has 1 N–H and O–H groups in total. The topological polar surface area (TPSA) is 81.5 Å². The van der Waals surface area contributed by atoms with Crippen LogP contribution in [0, 0.1) is 10.1 Å². The Morgan fingerprint density at radius 1 is 1.26 bits per heavy atom. The van der Waals surface area contributed by atoms with Crippen molar-refractivity contribution in [3.8, 4) is 5.75 Å². The number of hydrogen-bond donors (Lipinski definition) is 1. The second-order valence-corrected chi connectivity index (χ2v) is 5.06. The lowest BCUT2D eigenvalue weighted by Gasteiger charge is -2.04. The lowest BCUT2D eigenvalue weighted by molar-refractivity contribution is -0.385. The molecule has 1 aliphatic rings. The van der Waals surface area contributed by atoms with Gasteiger partial charge in [0, 0.05) is 24.3 Å². The summed E-state index contributed by atoms with van der Waals surface area (Å²) in [5.41, 5.74) is 2.08. The van der Waals surface area contributed by atoms with Crippen LogP contribution in [-0.2, 0) is 11.2 Å². The van der Waals surface area contributed by atoms with E-state index in [1.165, 1.54) is 18.2 Å². The Bertz CT molecular complexity index is 799. The Morgan fingerprint density at radius 3 is 2.91 bits per heavy atom. The minimum absolute atomic E-state index is 0.0359. The second-order valence-electron chi connectivity index (χ2n) is 5.06. The molecule has 6 heteroatoms. The lowest BCUT2D eigenvalue weighted by Crippen LogP contribution is -2.07. The first-order valence-electron chi connectivity index (χ1n) is 7.12. The molecular weight excluding hydrogens is 296 g/mol. The van der Waals surface area contributed by atoms with Gasteiger partial charge in [0.15, 0.2) is 0 Å². The number of anilines is 1. The van der Waals surface area contributed by atoms with E-state index in [4.69, 9.17) is 4.74 Å². The molecule has 0 spiro atoms. The van der Waals surface area contributed by atoms with E-state index >= 15 is 0 Å². The standard InChI is InChI=1S/C17H14N2O4/c20-17(8-5-12-3-1-2-4-15(12)19(21)22)18-14-6-7-16-13(11-14)9-10-23-16/h1-8,11H,9-10H2,(H,18,20). The summed E-state index contributed by atoms with van der Waals surface area (Å²) in [5, 5.41) is 13.7. The number of rotatable bonds is 4. The summed E-state index contributed by atoms with van der Waals surface area (Å²) in [5.74, 6) is 0.500. The number of nitro groups is 1. The Balaban J connectivity index is 1.71. The maximum absolute atomic E-state index is 12.0. The van der Waals surface area contributed by atoms with Crippen molar-refractivity contribution in [3.05, 3.63) is 69.8 Å². The molecule has 0 saturated heterocycles. The first-order chi connectivity index (χ1) is 11.1. The first-order valence-corrected chi connectivity index (χ1v) is 7.12. The normalized spacial score (nSPS) is 12.7. The third-order valence-corrected chi connectivity index (χ3v) is 3.50. The number of fused-ring (bicyclic) bond motifs is 1.